The smallest absolute Gasteiger partial charge is 0.255 e. The average Bonchev–Trinajstić information content (AvgIpc) is 2.01. The minimum atomic E-state index is -0.879. The van der Waals surface area contributed by atoms with Gasteiger partial charge in [0.15, 0.2) is 0 Å². The molecule has 4 heteroatoms. The second-order valence-corrected chi connectivity index (χ2v) is 2.57. The molecule has 0 fully saturated rings. The minimum Gasteiger partial charge on any atom is -0.255 e. The van der Waals surface area contributed by atoms with E-state index in [0.29, 0.717) is 12.8 Å². The number of halogens is 2. The second kappa shape index (κ2) is 6.07. The highest BCUT2D eigenvalue weighted by Crippen LogP contribution is 2.10. The van der Waals surface area contributed by atoms with Gasteiger partial charge in [0.1, 0.15) is 0 Å². The lowest BCUT2D eigenvalue weighted by atomic mass is 10.0. The first-order valence-corrected chi connectivity index (χ1v) is 3.58. The lowest BCUT2D eigenvalue weighted by molar-refractivity contribution is -0.183. The Balaban J connectivity index is 3.29. The molecule has 0 aliphatic rings. The summed E-state index contributed by atoms with van der Waals surface area (Å²) in [5.74, 6) is -0.769. The van der Waals surface area contributed by atoms with Crippen LogP contribution >= 0.6 is 0 Å². The Hall–Kier alpha value is -0.670. The molecule has 0 aromatic carbocycles. The van der Waals surface area contributed by atoms with Gasteiger partial charge in [-0.3, -0.25) is 9.33 Å². The topological polar surface area (TPSA) is 26.3 Å². The molecule has 1 unspecified atom stereocenters. The van der Waals surface area contributed by atoms with Crippen LogP contribution in [0.1, 0.15) is 26.2 Å². The molecule has 11 heavy (non-hydrogen) atoms. The summed E-state index contributed by atoms with van der Waals surface area (Å²) < 4.78 is 22.8. The summed E-state index contributed by atoms with van der Waals surface area (Å²) in [6.45, 7) is 1.41. The van der Waals surface area contributed by atoms with Crippen molar-refractivity contribution in [2.24, 2.45) is 5.92 Å². The number of alkyl halides is 1. The standard InChI is InChI=1S/C7H12F2O2/c1-6(4-5-8)2-3-7(10)11-9/h6H,2-5H2,1H3. The maximum Gasteiger partial charge on any atom is 0.348 e. The van der Waals surface area contributed by atoms with Crippen molar-refractivity contribution in [1.29, 1.82) is 0 Å². The molecule has 66 valence electrons. The summed E-state index contributed by atoms with van der Waals surface area (Å²) >= 11 is 0. The van der Waals surface area contributed by atoms with E-state index in [0.717, 1.165) is 0 Å². The van der Waals surface area contributed by atoms with Gasteiger partial charge in [-0.25, -0.2) is 4.79 Å². The van der Waals surface area contributed by atoms with Crippen LogP contribution in [0.15, 0.2) is 0 Å². The van der Waals surface area contributed by atoms with Crippen LogP contribution in [0.5, 0.6) is 0 Å². The van der Waals surface area contributed by atoms with Crippen LogP contribution in [-0.4, -0.2) is 12.6 Å². The molecule has 0 rings (SSSR count). The van der Waals surface area contributed by atoms with E-state index in [1.807, 2.05) is 6.92 Å². The van der Waals surface area contributed by atoms with Crippen molar-refractivity contribution in [2.45, 2.75) is 26.2 Å². The van der Waals surface area contributed by atoms with Gasteiger partial charge in [0.05, 0.1) is 6.67 Å². The van der Waals surface area contributed by atoms with E-state index in [2.05, 4.69) is 4.94 Å². The second-order valence-electron chi connectivity index (χ2n) is 2.57. The molecular weight excluding hydrogens is 154 g/mol. The van der Waals surface area contributed by atoms with Crippen molar-refractivity contribution in [2.75, 3.05) is 6.67 Å². The van der Waals surface area contributed by atoms with Crippen LogP contribution in [0, 0.1) is 5.92 Å². The van der Waals surface area contributed by atoms with E-state index >= 15 is 0 Å². The maximum absolute atomic E-state index is 11.7. The fraction of sp³-hybridized carbons (Fsp3) is 0.857. The van der Waals surface area contributed by atoms with Gasteiger partial charge in [-0.1, -0.05) is 6.92 Å². The lowest BCUT2D eigenvalue weighted by Crippen LogP contribution is -2.02. The number of carbonyl (C=O) groups is 1. The SMILES string of the molecule is CC(CCF)CCC(=O)OF. The molecule has 0 aromatic rings. The zero-order valence-electron chi connectivity index (χ0n) is 6.48. The molecule has 0 aliphatic heterocycles. The van der Waals surface area contributed by atoms with Crippen LogP contribution in [0.3, 0.4) is 0 Å². The predicted octanol–water partition coefficient (Wildman–Crippen LogP) is 2.19. The van der Waals surface area contributed by atoms with Crippen LogP contribution in [0.2, 0.25) is 0 Å². The van der Waals surface area contributed by atoms with Crippen molar-refractivity contribution < 1.29 is 18.7 Å². The van der Waals surface area contributed by atoms with Crippen LogP contribution in [0.25, 0.3) is 0 Å². The monoisotopic (exact) mass is 166 g/mol. The molecule has 0 aromatic heterocycles. The molecule has 0 aliphatic carbocycles. The van der Waals surface area contributed by atoms with E-state index in [9.17, 15) is 13.7 Å². The first-order chi connectivity index (χ1) is 5.20. The summed E-state index contributed by atoms with van der Waals surface area (Å²) in [5, 5.41) is 0. The molecular formula is C7H12F2O2. The molecule has 0 radical (unpaired) electrons. The van der Waals surface area contributed by atoms with Crippen molar-refractivity contribution in [3.8, 4) is 0 Å². The Morgan fingerprint density at radius 3 is 2.64 bits per heavy atom. The van der Waals surface area contributed by atoms with Gasteiger partial charge in [0.2, 0.25) is 0 Å². The third-order valence-corrected chi connectivity index (χ3v) is 1.53. The van der Waals surface area contributed by atoms with E-state index in [-0.39, 0.29) is 12.3 Å². The zero-order chi connectivity index (χ0) is 8.69. The lowest BCUT2D eigenvalue weighted by Gasteiger charge is -2.05. The first kappa shape index (κ1) is 10.3. The van der Waals surface area contributed by atoms with Gasteiger partial charge < -0.3 is 0 Å². The summed E-state index contributed by atoms with van der Waals surface area (Å²) in [6, 6.07) is 0. The van der Waals surface area contributed by atoms with Crippen molar-refractivity contribution in [3.05, 3.63) is 0 Å². The Morgan fingerprint density at radius 2 is 2.18 bits per heavy atom. The van der Waals surface area contributed by atoms with Gasteiger partial charge in [-0.2, -0.15) is 0 Å². The van der Waals surface area contributed by atoms with Crippen LogP contribution in [-0.2, 0) is 9.74 Å². The molecule has 0 N–H and O–H groups in total. The van der Waals surface area contributed by atoms with Gasteiger partial charge in [-0.15, -0.1) is 0 Å². The van der Waals surface area contributed by atoms with E-state index in [4.69, 9.17) is 0 Å². The van der Waals surface area contributed by atoms with E-state index in [1.165, 1.54) is 0 Å². The summed E-state index contributed by atoms with van der Waals surface area (Å²) in [4.78, 5) is 13.2. The summed E-state index contributed by atoms with van der Waals surface area (Å²) in [5.41, 5.74) is 0. The maximum atomic E-state index is 11.7. The number of hydrogen-bond donors (Lipinski definition) is 0. The van der Waals surface area contributed by atoms with E-state index < -0.39 is 12.6 Å². The summed E-state index contributed by atoms with van der Waals surface area (Å²) in [6.07, 6.45) is 0.921. The number of carbonyl (C=O) groups excluding carboxylic acids is 1. The number of rotatable bonds is 5. The normalized spacial score (nSPS) is 12.6. The largest absolute Gasteiger partial charge is 0.348 e. The highest BCUT2D eigenvalue weighted by atomic mass is 19.3. The third kappa shape index (κ3) is 5.76. The van der Waals surface area contributed by atoms with Gasteiger partial charge in [0.25, 0.3) is 0 Å². The molecule has 1 atom stereocenters. The first-order valence-electron chi connectivity index (χ1n) is 3.58. The van der Waals surface area contributed by atoms with Crippen molar-refractivity contribution in [1.82, 2.24) is 0 Å². The molecule has 0 saturated heterocycles. The van der Waals surface area contributed by atoms with Gasteiger partial charge in [-0.05, 0) is 18.8 Å². The highest BCUT2D eigenvalue weighted by molar-refractivity contribution is 5.68. The summed E-state index contributed by atoms with van der Waals surface area (Å²) in [7, 11) is 0. The van der Waals surface area contributed by atoms with Crippen LogP contribution < -0.4 is 0 Å². The molecule has 0 spiro atoms. The van der Waals surface area contributed by atoms with E-state index in [1.54, 1.807) is 0 Å². The predicted molar refractivity (Wildman–Crippen MR) is 36.2 cm³/mol. The molecule has 0 bridgehead atoms. The van der Waals surface area contributed by atoms with Crippen LogP contribution in [0.4, 0.5) is 8.92 Å². The van der Waals surface area contributed by atoms with Gasteiger partial charge in [0, 0.05) is 10.9 Å². The minimum absolute atomic E-state index is 0.0255. The molecule has 0 amide bonds. The quantitative estimate of drug-likeness (QED) is 0.625. The molecule has 0 saturated carbocycles. The average molecular weight is 166 g/mol. The Labute approximate surface area is 64.4 Å². The van der Waals surface area contributed by atoms with Crippen molar-refractivity contribution >= 4 is 5.97 Å². The molecule has 0 heterocycles. The Morgan fingerprint density at radius 1 is 1.55 bits per heavy atom. The Bertz CT molecular complexity index is 117. The zero-order valence-corrected chi connectivity index (χ0v) is 6.48. The Kier molecular flexibility index (Phi) is 5.70. The fourth-order valence-corrected chi connectivity index (χ4v) is 0.733. The third-order valence-electron chi connectivity index (χ3n) is 1.53. The number of hydrogen-bond acceptors (Lipinski definition) is 2. The molecule has 2 nitrogen and oxygen atoms in total. The van der Waals surface area contributed by atoms with Gasteiger partial charge >= 0.3 is 5.97 Å². The fourth-order valence-electron chi connectivity index (χ4n) is 0.733. The van der Waals surface area contributed by atoms with Crippen molar-refractivity contribution in [3.63, 3.8) is 0 Å². The highest BCUT2D eigenvalue weighted by Gasteiger charge is 2.07.